The van der Waals surface area contributed by atoms with Crippen molar-refractivity contribution in [3.8, 4) is 0 Å². The molecule has 0 aliphatic carbocycles. The summed E-state index contributed by atoms with van der Waals surface area (Å²) in [5.41, 5.74) is 6.67. The minimum Gasteiger partial charge on any atom is -0.452 e. The Morgan fingerprint density at radius 1 is 1.19 bits per heavy atom. The summed E-state index contributed by atoms with van der Waals surface area (Å²) in [6, 6.07) is 10.6. The number of hydrogen-bond donors (Lipinski definition) is 2. The Bertz CT molecular complexity index is 992. The lowest BCUT2D eigenvalue weighted by Gasteiger charge is -2.21. The third-order valence-electron chi connectivity index (χ3n) is 4.39. The average Bonchev–Trinajstić information content (AvgIpc) is 2.73. The number of amides is 2. The highest BCUT2D eigenvalue weighted by atomic mass is 16.6. The fourth-order valence-electron chi connectivity index (χ4n) is 2.77. The topological polar surface area (TPSA) is 145 Å². The van der Waals surface area contributed by atoms with E-state index in [0.717, 1.165) is 17.7 Å². The van der Waals surface area contributed by atoms with Crippen molar-refractivity contribution in [1.82, 2.24) is 4.90 Å². The number of nitrogens with two attached hydrogens (primary N) is 1. The van der Waals surface area contributed by atoms with E-state index in [4.69, 9.17) is 10.5 Å². The molecule has 2 aromatic carbocycles. The van der Waals surface area contributed by atoms with Gasteiger partial charge in [-0.05, 0) is 31.0 Å². The molecule has 0 fully saturated rings. The van der Waals surface area contributed by atoms with E-state index in [-0.39, 0.29) is 35.9 Å². The number of aryl methyl sites for hydroxylation is 1. The number of nitrogens with one attached hydrogen (secondary N) is 1. The van der Waals surface area contributed by atoms with Gasteiger partial charge in [0, 0.05) is 30.1 Å². The van der Waals surface area contributed by atoms with Crippen LogP contribution in [0, 0.1) is 17.0 Å². The number of hydrogen-bond acceptors (Lipinski definition) is 7. The highest BCUT2D eigenvalue weighted by Crippen LogP contribution is 2.20. The predicted octanol–water partition coefficient (Wildman–Crippen LogP) is 2.52. The number of anilines is 2. The van der Waals surface area contributed by atoms with E-state index in [1.807, 2.05) is 26.0 Å². The molecule has 0 saturated carbocycles. The van der Waals surface area contributed by atoms with Crippen molar-refractivity contribution >= 4 is 34.8 Å². The normalized spacial score (nSPS) is 10.3. The number of nitro groups is 1. The highest BCUT2D eigenvalue weighted by Gasteiger charge is 2.21. The molecule has 0 atom stereocenters. The van der Waals surface area contributed by atoms with E-state index in [9.17, 15) is 24.5 Å². The number of nitro benzene ring substituents is 1. The maximum absolute atomic E-state index is 12.5. The first-order valence-corrected chi connectivity index (χ1v) is 9.57. The van der Waals surface area contributed by atoms with Gasteiger partial charge in [-0.15, -0.1) is 0 Å². The molecule has 0 unspecified atom stereocenters. The SMILES string of the molecule is CCCN(CC(=O)Nc1ccccc1C)C(=O)COC(=O)c1cc([N+](=O)[O-])ccc1N. The number of esters is 1. The first-order valence-electron chi connectivity index (χ1n) is 9.57. The van der Waals surface area contributed by atoms with E-state index in [0.29, 0.717) is 12.1 Å². The Kier molecular flexibility index (Phi) is 8.07. The summed E-state index contributed by atoms with van der Waals surface area (Å²) >= 11 is 0. The standard InChI is InChI=1S/C21H24N4O6/c1-3-10-24(12-19(26)23-18-7-5-4-6-14(18)2)20(27)13-31-21(28)16-11-15(25(29)30)8-9-17(16)22/h4-9,11H,3,10,12-13,22H2,1-2H3,(H,23,26). The first-order chi connectivity index (χ1) is 14.7. The van der Waals surface area contributed by atoms with Crippen LogP contribution in [0.15, 0.2) is 42.5 Å². The van der Waals surface area contributed by atoms with Gasteiger partial charge in [-0.2, -0.15) is 0 Å². The van der Waals surface area contributed by atoms with Crippen LogP contribution >= 0.6 is 0 Å². The molecule has 0 heterocycles. The molecule has 3 N–H and O–H groups in total. The Hall–Kier alpha value is -3.95. The zero-order valence-electron chi connectivity index (χ0n) is 17.3. The molecule has 0 aliphatic rings. The summed E-state index contributed by atoms with van der Waals surface area (Å²) in [6.45, 7) is 3.14. The van der Waals surface area contributed by atoms with Gasteiger partial charge in [0.25, 0.3) is 11.6 Å². The van der Waals surface area contributed by atoms with Gasteiger partial charge in [-0.25, -0.2) is 4.79 Å². The second kappa shape index (κ2) is 10.7. The monoisotopic (exact) mass is 428 g/mol. The molecule has 164 valence electrons. The van der Waals surface area contributed by atoms with Crippen molar-refractivity contribution in [3.63, 3.8) is 0 Å². The van der Waals surface area contributed by atoms with E-state index in [1.54, 1.807) is 12.1 Å². The van der Waals surface area contributed by atoms with E-state index in [2.05, 4.69) is 5.32 Å². The van der Waals surface area contributed by atoms with Crippen LogP contribution in [0.1, 0.15) is 29.3 Å². The van der Waals surface area contributed by atoms with Gasteiger partial charge < -0.3 is 20.7 Å². The third kappa shape index (κ3) is 6.53. The zero-order valence-corrected chi connectivity index (χ0v) is 17.3. The quantitative estimate of drug-likeness (QED) is 0.270. The minimum atomic E-state index is -0.963. The molecule has 10 heteroatoms. The van der Waals surface area contributed by atoms with Crippen molar-refractivity contribution in [2.24, 2.45) is 0 Å². The first kappa shape index (κ1) is 23.3. The number of carbonyl (C=O) groups excluding carboxylic acids is 3. The molecule has 0 saturated heterocycles. The van der Waals surface area contributed by atoms with Crippen LogP contribution in [0.25, 0.3) is 0 Å². The number of nitrogens with zero attached hydrogens (tertiary/aromatic N) is 2. The maximum atomic E-state index is 12.5. The van der Waals surface area contributed by atoms with Gasteiger partial charge in [0.1, 0.15) is 0 Å². The molecule has 2 rings (SSSR count). The summed E-state index contributed by atoms with van der Waals surface area (Å²) in [5, 5.41) is 13.6. The van der Waals surface area contributed by atoms with Crippen molar-refractivity contribution in [2.75, 3.05) is 30.7 Å². The second-order valence-electron chi connectivity index (χ2n) is 6.78. The predicted molar refractivity (Wildman–Crippen MR) is 114 cm³/mol. The van der Waals surface area contributed by atoms with Crippen LogP contribution in [0.5, 0.6) is 0 Å². The average molecular weight is 428 g/mol. The minimum absolute atomic E-state index is 0.00827. The molecule has 2 amide bonds. The fraction of sp³-hybridized carbons (Fsp3) is 0.286. The molecule has 0 bridgehead atoms. The van der Waals surface area contributed by atoms with Crippen LogP contribution in [-0.2, 0) is 14.3 Å². The number of carbonyl (C=O) groups is 3. The molecule has 0 spiro atoms. The Labute approximate surface area is 179 Å². The number of ether oxygens (including phenoxy) is 1. The highest BCUT2D eigenvalue weighted by molar-refractivity contribution is 5.98. The summed E-state index contributed by atoms with van der Waals surface area (Å²) in [5.74, 6) is -1.92. The van der Waals surface area contributed by atoms with E-state index in [1.165, 1.54) is 11.0 Å². The van der Waals surface area contributed by atoms with Crippen molar-refractivity contribution in [3.05, 3.63) is 63.7 Å². The molecule has 31 heavy (non-hydrogen) atoms. The van der Waals surface area contributed by atoms with Crippen LogP contribution < -0.4 is 11.1 Å². The molecule has 2 aromatic rings. The molecule has 0 radical (unpaired) electrons. The number of benzene rings is 2. The van der Waals surface area contributed by atoms with Gasteiger partial charge >= 0.3 is 5.97 Å². The lowest BCUT2D eigenvalue weighted by molar-refractivity contribution is -0.384. The van der Waals surface area contributed by atoms with Crippen LogP contribution in [0.2, 0.25) is 0 Å². The van der Waals surface area contributed by atoms with Gasteiger partial charge in [0.05, 0.1) is 17.0 Å². The Morgan fingerprint density at radius 2 is 1.90 bits per heavy atom. The number of rotatable bonds is 9. The van der Waals surface area contributed by atoms with Crippen molar-refractivity contribution in [1.29, 1.82) is 0 Å². The van der Waals surface area contributed by atoms with E-state index >= 15 is 0 Å². The van der Waals surface area contributed by atoms with Crippen molar-refractivity contribution < 1.29 is 24.0 Å². The van der Waals surface area contributed by atoms with Gasteiger partial charge in [-0.3, -0.25) is 19.7 Å². The number of para-hydroxylation sites is 1. The maximum Gasteiger partial charge on any atom is 0.341 e. The number of nitrogen functional groups attached to an aromatic ring is 1. The number of non-ortho nitro benzene ring substituents is 1. The summed E-state index contributed by atoms with van der Waals surface area (Å²) < 4.78 is 4.99. The lowest BCUT2D eigenvalue weighted by atomic mass is 10.1. The third-order valence-corrected chi connectivity index (χ3v) is 4.39. The molecule has 0 aliphatic heterocycles. The summed E-state index contributed by atoms with van der Waals surface area (Å²) in [6.07, 6.45) is 0.592. The molecular weight excluding hydrogens is 404 g/mol. The fourth-order valence-corrected chi connectivity index (χ4v) is 2.77. The lowest BCUT2D eigenvalue weighted by Crippen LogP contribution is -2.40. The van der Waals surface area contributed by atoms with Crippen LogP contribution in [-0.4, -0.2) is 47.3 Å². The molecular formula is C21H24N4O6. The Morgan fingerprint density at radius 3 is 2.55 bits per heavy atom. The summed E-state index contributed by atoms with van der Waals surface area (Å²) in [4.78, 5) is 48.6. The molecule has 0 aromatic heterocycles. The zero-order chi connectivity index (χ0) is 23.0. The van der Waals surface area contributed by atoms with Gasteiger partial charge in [0.15, 0.2) is 6.61 Å². The summed E-state index contributed by atoms with van der Waals surface area (Å²) in [7, 11) is 0. The second-order valence-corrected chi connectivity index (χ2v) is 6.78. The smallest absolute Gasteiger partial charge is 0.341 e. The van der Waals surface area contributed by atoms with Crippen LogP contribution in [0.3, 0.4) is 0 Å². The largest absolute Gasteiger partial charge is 0.452 e. The van der Waals surface area contributed by atoms with Crippen molar-refractivity contribution in [2.45, 2.75) is 20.3 Å². The van der Waals surface area contributed by atoms with Crippen LogP contribution in [0.4, 0.5) is 17.1 Å². The van der Waals surface area contributed by atoms with Gasteiger partial charge in [0.2, 0.25) is 5.91 Å². The van der Waals surface area contributed by atoms with Gasteiger partial charge in [-0.1, -0.05) is 25.1 Å². The van der Waals surface area contributed by atoms with E-state index < -0.39 is 23.4 Å². The Balaban J connectivity index is 2.00. The molecule has 10 nitrogen and oxygen atoms in total.